The van der Waals surface area contributed by atoms with Crippen LogP contribution in [-0.4, -0.2) is 52.3 Å². The summed E-state index contributed by atoms with van der Waals surface area (Å²) in [6, 6.07) is 5.39. The summed E-state index contributed by atoms with van der Waals surface area (Å²) in [7, 11) is 0. The van der Waals surface area contributed by atoms with Crippen LogP contribution in [-0.2, 0) is 0 Å². The number of hydrogen-bond acceptors (Lipinski definition) is 6. The molecule has 1 fully saturated rings. The van der Waals surface area contributed by atoms with Crippen LogP contribution in [0.3, 0.4) is 0 Å². The summed E-state index contributed by atoms with van der Waals surface area (Å²) in [4.78, 5) is 14.4. The molecule has 6 nitrogen and oxygen atoms in total. The van der Waals surface area contributed by atoms with Crippen molar-refractivity contribution >= 4 is 11.6 Å². The second kappa shape index (κ2) is 7.13. The highest BCUT2D eigenvalue weighted by molar-refractivity contribution is 5.51. The van der Waals surface area contributed by atoms with Crippen LogP contribution >= 0.6 is 0 Å². The molecule has 1 N–H and O–H groups in total. The first kappa shape index (κ1) is 14.6. The molecule has 0 radical (unpaired) electrons. The van der Waals surface area contributed by atoms with Gasteiger partial charge >= 0.3 is 0 Å². The normalized spacial score (nSPS) is 18.3. The minimum atomic E-state index is -0.691. The van der Waals surface area contributed by atoms with Gasteiger partial charge in [0.05, 0.1) is 11.9 Å². The Morgan fingerprint density at radius 3 is 2.82 bits per heavy atom. The average molecular weight is 303 g/mol. The van der Waals surface area contributed by atoms with E-state index in [9.17, 15) is 4.39 Å². The molecule has 0 amide bonds. The number of likely N-dealkylation sites (tertiary alicyclic amines) is 1. The fourth-order valence-electron chi connectivity index (χ4n) is 2.30. The average Bonchev–Trinajstić information content (AvgIpc) is 2.96. The first-order valence-electron chi connectivity index (χ1n) is 7.29. The van der Waals surface area contributed by atoms with Gasteiger partial charge in [-0.3, -0.25) is 4.90 Å². The van der Waals surface area contributed by atoms with Gasteiger partial charge in [0.15, 0.2) is 0 Å². The quantitative estimate of drug-likeness (QED) is 0.881. The molecule has 0 aromatic carbocycles. The molecule has 2 aromatic heterocycles. The van der Waals surface area contributed by atoms with Gasteiger partial charge in [-0.05, 0) is 18.6 Å². The van der Waals surface area contributed by atoms with Crippen molar-refractivity contribution in [3.63, 3.8) is 0 Å². The highest BCUT2D eigenvalue weighted by Crippen LogP contribution is 2.15. The summed E-state index contributed by atoms with van der Waals surface area (Å²) in [5.74, 6) is 1.07. The van der Waals surface area contributed by atoms with Gasteiger partial charge in [-0.2, -0.15) is 0 Å². The first-order chi connectivity index (χ1) is 10.8. The minimum Gasteiger partial charge on any atom is -0.476 e. The fourth-order valence-corrected chi connectivity index (χ4v) is 2.30. The number of pyridine rings is 1. The summed E-state index contributed by atoms with van der Waals surface area (Å²) in [6.07, 6.45) is 4.93. The van der Waals surface area contributed by atoms with E-state index in [4.69, 9.17) is 4.74 Å². The van der Waals surface area contributed by atoms with E-state index in [2.05, 4.69) is 25.2 Å². The van der Waals surface area contributed by atoms with Crippen LogP contribution in [0.15, 0.2) is 36.8 Å². The third-order valence-corrected chi connectivity index (χ3v) is 3.43. The number of hydrogen-bond donors (Lipinski definition) is 1. The molecular formula is C15H18FN5O. The Kier molecular flexibility index (Phi) is 4.75. The number of rotatable bonds is 6. The summed E-state index contributed by atoms with van der Waals surface area (Å²) >= 11 is 0. The van der Waals surface area contributed by atoms with Crippen molar-refractivity contribution in [3.05, 3.63) is 36.8 Å². The van der Waals surface area contributed by atoms with E-state index in [1.165, 1.54) is 0 Å². The molecule has 7 heteroatoms. The Labute approximate surface area is 128 Å². The number of anilines is 2. The van der Waals surface area contributed by atoms with Gasteiger partial charge in [0.1, 0.15) is 12.8 Å². The molecule has 116 valence electrons. The lowest BCUT2D eigenvalue weighted by Crippen LogP contribution is -2.26. The van der Waals surface area contributed by atoms with Crippen LogP contribution < -0.4 is 10.1 Å². The molecule has 1 aliphatic heterocycles. The molecule has 0 aliphatic carbocycles. The number of alkyl halides is 1. The molecule has 0 unspecified atom stereocenters. The Hall–Kier alpha value is -2.28. The van der Waals surface area contributed by atoms with Gasteiger partial charge in [-0.15, -0.1) is 0 Å². The van der Waals surface area contributed by atoms with Crippen molar-refractivity contribution in [2.45, 2.75) is 12.6 Å². The highest BCUT2D eigenvalue weighted by Gasteiger charge is 2.21. The monoisotopic (exact) mass is 303 g/mol. The molecule has 22 heavy (non-hydrogen) atoms. The predicted molar refractivity (Wildman–Crippen MR) is 81.0 cm³/mol. The lowest BCUT2D eigenvalue weighted by atomic mass is 10.3. The molecule has 0 bridgehead atoms. The molecule has 1 aliphatic rings. The minimum absolute atomic E-state index is 0.508. The summed E-state index contributed by atoms with van der Waals surface area (Å²) in [5.41, 5.74) is 0.790. The zero-order chi connectivity index (χ0) is 15.2. The maximum absolute atomic E-state index is 13.0. The number of halogens is 1. The third-order valence-electron chi connectivity index (χ3n) is 3.43. The molecule has 3 heterocycles. The van der Waals surface area contributed by atoms with Gasteiger partial charge in [0.25, 0.3) is 0 Å². The zero-order valence-corrected chi connectivity index (χ0v) is 12.2. The topological polar surface area (TPSA) is 63.2 Å². The van der Waals surface area contributed by atoms with E-state index in [1.54, 1.807) is 30.7 Å². The lowest BCUT2D eigenvalue weighted by Gasteiger charge is -2.14. The summed E-state index contributed by atoms with van der Waals surface area (Å²) < 4.78 is 18.6. The number of aromatic nitrogens is 3. The second-order valence-corrected chi connectivity index (χ2v) is 5.12. The Morgan fingerprint density at radius 1 is 1.27 bits per heavy atom. The van der Waals surface area contributed by atoms with Crippen LogP contribution in [0.25, 0.3) is 0 Å². The van der Waals surface area contributed by atoms with Crippen molar-refractivity contribution in [1.82, 2.24) is 19.9 Å². The number of nitrogens with one attached hydrogen (secondary N) is 1. The van der Waals surface area contributed by atoms with Crippen LogP contribution in [0, 0.1) is 0 Å². The molecule has 0 saturated carbocycles. The fraction of sp³-hybridized carbons (Fsp3) is 0.400. The maximum atomic E-state index is 13.0. The van der Waals surface area contributed by atoms with Gasteiger partial charge in [0.2, 0.25) is 11.8 Å². The maximum Gasteiger partial charge on any atom is 0.227 e. The highest BCUT2D eigenvalue weighted by atomic mass is 19.1. The Bertz CT molecular complexity index is 580. The second-order valence-electron chi connectivity index (χ2n) is 5.12. The van der Waals surface area contributed by atoms with Gasteiger partial charge < -0.3 is 10.1 Å². The van der Waals surface area contributed by atoms with E-state index in [0.29, 0.717) is 31.4 Å². The number of ether oxygens (including phenoxy) is 1. The molecule has 1 saturated heterocycles. The standard InChI is InChI=1S/C15H18FN5O/c16-12-4-7-21(11-12)8-9-22-14-3-2-13(10-19-14)20-15-17-5-1-6-18-15/h1-3,5-6,10,12H,4,7-9,11H2,(H,17,18,20)/t12-/m0/s1. The zero-order valence-electron chi connectivity index (χ0n) is 12.2. The van der Waals surface area contributed by atoms with Crippen molar-refractivity contribution in [2.75, 3.05) is 31.6 Å². The SMILES string of the molecule is F[C@H]1CCN(CCOc2ccc(Nc3ncccn3)cn2)C1. The van der Waals surface area contributed by atoms with Crippen molar-refractivity contribution in [1.29, 1.82) is 0 Å². The van der Waals surface area contributed by atoms with Crippen molar-refractivity contribution in [2.24, 2.45) is 0 Å². The third kappa shape index (κ3) is 4.11. The Morgan fingerprint density at radius 2 is 2.14 bits per heavy atom. The first-order valence-corrected chi connectivity index (χ1v) is 7.29. The van der Waals surface area contributed by atoms with E-state index >= 15 is 0 Å². The predicted octanol–water partition coefficient (Wildman–Crippen LogP) is 2.04. The lowest BCUT2D eigenvalue weighted by molar-refractivity contribution is 0.220. The van der Waals surface area contributed by atoms with Crippen LogP contribution in [0.5, 0.6) is 5.88 Å². The van der Waals surface area contributed by atoms with Crippen molar-refractivity contribution in [3.8, 4) is 5.88 Å². The van der Waals surface area contributed by atoms with E-state index in [1.807, 2.05) is 6.07 Å². The van der Waals surface area contributed by atoms with Crippen LogP contribution in [0.4, 0.5) is 16.0 Å². The van der Waals surface area contributed by atoms with Gasteiger partial charge in [-0.25, -0.2) is 19.3 Å². The largest absolute Gasteiger partial charge is 0.476 e. The molecule has 0 spiro atoms. The molecule has 3 rings (SSSR count). The van der Waals surface area contributed by atoms with Gasteiger partial charge in [0, 0.05) is 38.1 Å². The van der Waals surface area contributed by atoms with Crippen LogP contribution in [0.1, 0.15) is 6.42 Å². The van der Waals surface area contributed by atoms with E-state index in [-0.39, 0.29) is 0 Å². The van der Waals surface area contributed by atoms with E-state index in [0.717, 1.165) is 18.8 Å². The summed E-state index contributed by atoms with van der Waals surface area (Å²) in [5, 5.41) is 3.05. The Balaban J connectivity index is 1.45. The van der Waals surface area contributed by atoms with Crippen molar-refractivity contribution < 1.29 is 9.13 Å². The molecular weight excluding hydrogens is 285 g/mol. The smallest absolute Gasteiger partial charge is 0.227 e. The molecule has 2 aromatic rings. The number of nitrogens with zero attached hydrogens (tertiary/aromatic N) is 4. The summed E-state index contributed by atoms with van der Waals surface area (Å²) in [6.45, 7) is 2.54. The van der Waals surface area contributed by atoms with Crippen LogP contribution in [0.2, 0.25) is 0 Å². The van der Waals surface area contributed by atoms with E-state index < -0.39 is 6.17 Å². The molecule has 1 atom stereocenters. The van der Waals surface area contributed by atoms with Gasteiger partial charge in [-0.1, -0.05) is 0 Å².